The molecular formula is C20H17N3O3S. The minimum Gasteiger partial charge on any atom is -0.332 e. The molecule has 2 aromatic heterocycles. The van der Waals surface area contributed by atoms with Gasteiger partial charge in [-0.15, -0.1) is 0 Å². The summed E-state index contributed by atoms with van der Waals surface area (Å²) >= 11 is 0. The topological polar surface area (TPSA) is 86.0 Å². The number of benzene rings is 2. The molecule has 27 heavy (non-hydrogen) atoms. The van der Waals surface area contributed by atoms with Crippen molar-refractivity contribution < 1.29 is 12.9 Å². The van der Waals surface area contributed by atoms with Gasteiger partial charge in [0, 0.05) is 11.8 Å². The second-order valence-electron chi connectivity index (χ2n) is 6.29. The maximum atomic E-state index is 12.4. The first-order chi connectivity index (χ1) is 13.0. The molecule has 0 fully saturated rings. The predicted octanol–water partition coefficient (Wildman–Crippen LogP) is 3.61. The van der Waals surface area contributed by atoms with E-state index < -0.39 is 9.84 Å². The van der Waals surface area contributed by atoms with Gasteiger partial charge in [-0.2, -0.15) is 4.98 Å². The number of nitrogens with zero attached hydrogens (tertiary/aromatic N) is 3. The van der Waals surface area contributed by atoms with Gasteiger partial charge in [-0.1, -0.05) is 47.1 Å². The molecule has 2 heterocycles. The van der Waals surface area contributed by atoms with Crippen molar-refractivity contribution in [3.63, 3.8) is 0 Å². The first-order valence-corrected chi connectivity index (χ1v) is 10.1. The van der Waals surface area contributed by atoms with Gasteiger partial charge in [0.15, 0.2) is 15.7 Å². The van der Waals surface area contributed by atoms with Crippen LogP contribution in [-0.2, 0) is 16.3 Å². The van der Waals surface area contributed by atoms with Crippen LogP contribution in [0.5, 0.6) is 0 Å². The van der Waals surface area contributed by atoms with E-state index in [1.165, 1.54) is 0 Å². The van der Waals surface area contributed by atoms with Gasteiger partial charge in [0.25, 0.3) is 5.89 Å². The molecule has 136 valence electrons. The maximum absolute atomic E-state index is 12.4. The number of hydrogen-bond donors (Lipinski definition) is 0. The van der Waals surface area contributed by atoms with Crippen molar-refractivity contribution in [1.29, 1.82) is 0 Å². The van der Waals surface area contributed by atoms with Crippen LogP contribution in [-0.4, -0.2) is 29.3 Å². The van der Waals surface area contributed by atoms with Gasteiger partial charge >= 0.3 is 0 Å². The predicted molar refractivity (Wildman–Crippen MR) is 102 cm³/mol. The summed E-state index contributed by atoms with van der Waals surface area (Å²) in [5.74, 6) is 0.541. The van der Waals surface area contributed by atoms with Gasteiger partial charge in [0.2, 0.25) is 0 Å². The average molecular weight is 379 g/mol. The Morgan fingerprint density at radius 3 is 2.52 bits per heavy atom. The van der Waals surface area contributed by atoms with Gasteiger partial charge in [0.05, 0.1) is 16.2 Å². The fraction of sp³-hybridized carbons (Fsp3) is 0.150. The van der Waals surface area contributed by atoms with Crippen molar-refractivity contribution in [2.24, 2.45) is 0 Å². The Labute approximate surface area is 156 Å². The number of para-hydroxylation sites is 1. The van der Waals surface area contributed by atoms with Gasteiger partial charge < -0.3 is 4.52 Å². The van der Waals surface area contributed by atoms with Crippen molar-refractivity contribution in [2.75, 3.05) is 5.75 Å². The SMILES string of the molecule is Cc1ccc(S(=O)(=O)CCc2noc(-c3ccc4ccccc4n3)n2)cc1. The van der Waals surface area contributed by atoms with Crippen LogP contribution in [0.1, 0.15) is 11.4 Å². The molecule has 4 rings (SSSR count). The van der Waals surface area contributed by atoms with Gasteiger partial charge in [-0.05, 0) is 31.2 Å². The maximum Gasteiger partial charge on any atom is 0.276 e. The van der Waals surface area contributed by atoms with Crippen LogP contribution in [0.4, 0.5) is 0 Å². The molecule has 0 radical (unpaired) electrons. The van der Waals surface area contributed by atoms with E-state index in [9.17, 15) is 8.42 Å². The third kappa shape index (κ3) is 3.73. The summed E-state index contributed by atoms with van der Waals surface area (Å²) in [7, 11) is -3.40. The normalized spacial score (nSPS) is 11.7. The summed E-state index contributed by atoms with van der Waals surface area (Å²) in [6.07, 6.45) is 0.174. The minimum absolute atomic E-state index is 0.0832. The van der Waals surface area contributed by atoms with Crippen LogP contribution in [0.15, 0.2) is 70.1 Å². The highest BCUT2D eigenvalue weighted by Crippen LogP contribution is 2.20. The number of rotatable bonds is 5. The first kappa shape index (κ1) is 17.4. The minimum atomic E-state index is -3.40. The Balaban J connectivity index is 1.51. The standard InChI is InChI=1S/C20H17N3O3S/c1-14-6-9-16(10-7-14)27(24,25)13-12-19-22-20(26-23-19)18-11-8-15-4-2-3-5-17(15)21-18/h2-11H,12-13H2,1H3. The van der Waals surface area contributed by atoms with E-state index in [1.807, 2.05) is 43.3 Å². The summed E-state index contributed by atoms with van der Waals surface area (Å²) in [4.78, 5) is 9.10. The van der Waals surface area contributed by atoms with E-state index in [0.29, 0.717) is 16.4 Å². The molecule has 0 aliphatic rings. The average Bonchev–Trinajstić information content (AvgIpc) is 3.16. The zero-order valence-corrected chi connectivity index (χ0v) is 15.5. The van der Waals surface area contributed by atoms with E-state index >= 15 is 0 Å². The summed E-state index contributed by atoms with van der Waals surface area (Å²) in [5, 5.41) is 4.91. The molecule has 7 heteroatoms. The first-order valence-electron chi connectivity index (χ1n) is 8.49. The van der Waals surface area contributed by atoms with E-state index in [-0.39, 0.29) is 18.1 Å². The Morgan fingerprint density at radius 2 is 1.70 bits per heavy atom. The lowest BCUT2D eigenvalue weighted by Gasteiger charge is -2.03. The Bertz CT molecular complexity index is 1200. The van der Waals surface area contributed by atoms with Crippen LogP contribution >= 0.6 is 0 Å². The molecule has 0 atom stereocenters. The quantitative estimate of drug-likeness (QED) is 0.526. The number of aromatic nitrogens is 3. The molecule has 2 aromatic carbocycles. The molecule has 6 nitrogen and oxygen atoms in total. The van der Waals surface area contributed by atoms with Crippen molar-refractivity contribution in [1.82, 2.24) is 15.1 Å². The summed E-state index contributed by atoms with van der Waals surface area (Å²) < 4.78 is 30.2. The number of fused-ring (bicyclic) bond motifs is 1. The fourth-order valence-corrected chi connectivity index (χ4v) is 3.97. The van der Waals surface area contributed by atoms with Crippen molar-refractivity contribution in [3.05, 3.63) is 72.1 Å². The molecule has 0 saturated heterocycles. The lowest BCUT2D eigenvalue weighted by atomic mass is 10.2. The van der Waals surface area contributed by atoms with Gasteiger partial charge in [-0.3, -0.25) is 0 Å². The lowest BCUT2D eigenvalue weighted by Crippen LogP contribution is -2.10. The zero-order valence-electron chi connectivity index (χ0n) is 14.7. The number of pyridine rings is 1. The molecule has 0 saturated carbocycles. The van der Waals surface area contributed by atoms with Crippen molar-refractivity contribution in [3.8, 4) is 11.6 Å². The summed E-state index contributed by atoms with van der Waals surface area (Å²) in [6, 6.07) is 18.3. The van der Waals surface area contributed by atoms with Crippen LogP contribution < -0.4 is 0 Å². The second kappa shape index (κ2) is 6.92. The highest BCUT2D eigenvalue weighted by molar-refractivity contribution is 7.91. The highest BCUT2D eigenvalue weighted by Gasteiger charge is 2.17. The molecule has 4 aromatic rings. The van der Waals surface area contributed by atoms with Crippen molar-refractivity contribution >= 4 is 20.7 Å². The van der Waals surface area contributed by atoms with Crippen LogP contribution in [0.3, 0.4) is 0 Å². The lowest BCUT2D eigenvalue weighted by molar-refractivity contribution is 0.422. The van der Waals surface area contributed by atoms with Gasteiger partial charge in [0.1, 0.15) is 5.69 Å². The molecule has 0 bridgehead atoms. The Morgan fingerprint density at radius 1 is 0.926 bits per heavy atom. The van der Waals surface area contributed by atoms with E-state index in [4.69, 9.17) is 4.52 Å². The third-order valence-corrected chi connectivity index (χ3v) is 5.99. The van der Waals surface area contributed by atoms with E-state index in [0.717, 1.165) is 16.5 Å². The molecule has 0 aliphatic heterocycles. The van der Waals surface area contributed by atoms with Crippen LogP contribution in [0.25, 0.3) is 22.5 Å². The Hall–Kier alpha value is -3.06. The van der Waals surface area contributed by atoms with E-state index in [1.54, 1.807) is 24.3 Å². The molecule has 0 aliphatic carbocycles. The van der Waals surface area contributed by atoms with E-state index in [2.05, 4.69) is 15.1 Å². The van der Waals surface area contributed by atoms with Crippen molar-refractivity contribution in [2.45, 2.75) is 18.2 Å². The second-order valence-corrected chi connectivity index (χ2v) is 8.40. The summed E-state index contributed by atoms with van der Waals surface area (Å²) in [6.45, 7) is 1.91. The largest absolute Gasteiger partial charge is 0.332 e. The monoisotopic (exact) mass is 379 g/mol. The molecule has 0 spiro atoms. The van der Waals surface area contributed by atoms with Gasteiger partial charge in [-0.25, -0.2) is 13.4 Å². The molecule has 0 amide bonds. The smallest absolute Gasteiger partial charge is 0.276 e. The number of sulfone groups is 1. The number of aryl methyl sites for hydroxylation is 2. The van der Waals surface area contributed by atoms with Crippen LogP contribution in [0.2, 0.25) is 0 Å². The molecular weight excluding hydrogens is 362 g/mol. The molecule has 0 unspecified atom stereocenters. The number of hydrogen-bond acceptors (Lipinski definition) is 6. The zero-order chi connectivity index (χ0) is 18.9. The molecule has 0 N–H and O–H groups in total. The summed E-state index contributed by atoms with van der Waals surface area (Å²) in [5.41, 5.74) is 2.41. The Kier molecular flexibility index (Phi) is 4.45. The third-order valence-electron chi connectivity index (χ3n) is 4.26. The fourth-order valence-electron chi connectivity index (χ4n) is 2.73. The highest BCUT2D eigenvalue weighted by atomic mass is 32.2. The van der Waals surface area contributed by atoms with Crippen LogP contribution in [0, 0.1) is 6.92 Å².